The van der Waals surface area contributed by atoms with Crippen molar-refractivity contribution in [1.82, 2.24) is 0 Å². The third-order valence-corrected chi connectivity index (χ3v) is 8.17. The van der Waals surface area contributed by atoms with Gasteiger partial charge in [0.15, 0.2) is 11.9 Å². The Bertz CT molecular complexity index is 2260. The number of carbonyl (C=O) groups excluding carboxylic acids is 2. The number of rotatable bonds is 10. The van der Waals surface area contributed by atoms with E-state index in [-0.39, 0.29) is 34.2 Å². The lowest BCUT2D eigenvalue weighted by Gasteiger charge is -2.41. The number of ether oxygens (including phenoxy) is 4. The average Bonchev–Trinajstić information content (AvgIpc) is 3.14. The molecule has 0 spiro atoms. The fourth-order valence-corrected chi connectivity index (χ4v) is 5.46. The van der Waals surface area contributed by atoms with Crippen molar-refractivity contribution in [3.05, 3.63) is 118 Å². The molecule has 54 heavy (non-hydrogen) atoms. The molecule has 1 aromatic heterocycles. The minimum absolute atomic E-state index is 0.00556. The average molecular weight is 741 g/mol. The second-order valence-corrected chi connectivity index (χ2v) is 12.0. The molecule has 15 heteroatoms. The van der Waals surface area contributed by atoms with Gasteiger partial charge in [-0.25, -0.2) is 9.59 Å². The van der Waals surface area contributed by atoms with Gasteiger partial charge >= 0.3 is 11.9 Å². The molecule has 0 aliphatic carbocycles. The van der Waals surface area contributed by atoms with Crippen LogP contribution in [0.5, 0.6) is 34.5 Å². The number of aromatic hydroxyl groups is 5. The molecule has 1 saturated heterocycles. The van der Waals surface area contributed by atoms with Crippen molar-refractivity contribution in [2.75, 3.05) is 6.61 Å². The first-order chi connectivity index (χ1) is 25.9. The number of esters is 2. The smallest absolute Gasteiger partial charge is 0.331 e. The number of benzene rings is 4. The summed E-state index contributed by atoms with van der Waals surface area (Å²) in [5, 5.41) is 71.5. The van der Waals surface area contributed by atoms with Gasteiger partial charge in [-0.2, -0.15) is 0 Å². The second-order valence-electron chi connectivity index (χ2n) is 12.0. The van der Waals surface area contributed by atoms with Gasteiger partial charge in [0.1, 0.15) is 64.6 Å². The molecule has 5 aromatic rings. The first kappa shape index (κ1) is 37.0. The summed E-state index contributed by atoms with van der Waals surface area (Å²) in [6, 6.07) is 19.1. The Morgan fingerprint density at radius 3 is 1.85 bits per heavy atom. The van der Waals surface area contributed by atoms with Gasteiger partial charge in [-0.05, 0) is 71.8 Å². The van der Waals surface area contributed by atoms with Gasteiger partial charge < -0.3 is 59.1 Å². The number of hydrogen-bond donors (Lipinski definition) is 7. The Hall–Kier alpha value is -6.81. The van der Waals surface area contributed by atoms with Gasteiger partial charge in [-0.1, -0.05) is 24.3 Å². The quantitative estimate of drug-likeness (QED) is 0.0798. The van der Waals surface area contributed by atoms with Crippen LogP contribution in [0, 0.1) is 0 Å². The molecule has 4 aromatic carbocycles. The fraction of sp³-hybridized carbons (Fsp3) is 0.154. The van der Waals surface area contributed by atoms with Crippen molar-refractivity contribution in [1.29, 1.82) is 0 Å². The van der Waals surface area contributed by atoms with Crippen LogP contribution in [-0.4, -0.2) is 85.0 Å². The molecule has 0 unspecified atom stereocenters. The molecular weight excluding hydrogens is 708 g/mol. The van der Waals surface area contributed by atoms with Gasteiger partial charge in [-0.15, -0.1) is 0 Å². The normalized spacial score (nSPS) is 19.9. The highest BCUT2D eigenvalue weighted by Gasteiger charge is 2.49. The number of carbonyl (C=O) groups is 2. The molecule has 0 bridgehead atoms. The predicted octanol–water partition coefficient (Wildman–Crippen LogP) is 3.70. The maximum atomic E-state index is 13.8. The van der Waals surface area contributed by atoms with E-state index in [9.17, 15) is 50.1 Å². The molecule has 7 N–H and O–H groups in total. The molecule has 1 aliphatic rings. The van der Waals surface area contributed by atoms with Crippen LogP contribution in [0.3, 0.4) is 0 Å². The minimum atomic E-state index is -2.01. The van der Waals surface area contributed by atoms with Gasteiger partial charge in [0.05, 0.1) is 0 Å². The molecular formula is C39H32O15. The number of hydrogen-bond acceptors (Lipinski definition) is 15. The second kappa shape index (κ2) is 15.8. The lowest BCUT2D eigenvalue weighted by atomic mass is 9.98. The highest BCUT2D eigenvalue weighted by atomic mass is 16.7. The van der Waals surface area contributed by atoms with E-state index >= 15 is 0 Å². The van der Waals surface area contributed by atoms with Crippen LogP contribution in [0.2, 0.25) is 0 Å². The van der Waals surface area contributed by atoms with Crippen molar-refractivity contribution in [3.63, 3.8) is 0 Å². The summed E-state index contributed by atoms with van der Waals surface area (Å²) in [5.41, 5.74) is 0.0313. The summed E-state index contributed by atoms with van der Waals surface area (Å²) in [4.78, 5) is 39.5. The van der Waals surface area contributed by atoms with E-state index in [1.165, 1.54) is 72.8 Å². The van der Waals surface area contributed by atoms with E-state index in [1.807, 2.05) is 0 Å². The molecule has 2 heterocycles. The summed E-state index contributed by atoms with van der Waals surface area (Å²) in [5.74, 6) is -3.95. The Labute approximate surface area is 305 Å². The SMILES string of the molecule is O=C(/C=C\c1ccc(O)cc1)OC[C@H]1O[C@@H](Oc2c(-c3ccc(O)cc3)oc3cc(O)cc(O)c3c2=O)[C@H](O)[C@@H](O)[C@@H]1OC(=O)/C=C\c1ccc(O)cc1. The lowest BCUT2D eigenvalue weighted by molar-refractivity contribution is -0.281. The number of aliphatic hydroxyl groups excluding tert-OH is 2. The molecule has 0 saturated carbocycles. The highest BCUT2D eigenvalue weighted by Crippen LogP contribution is 2.38. The standard InChI is InChI=1S/C39H32O15/c40-23-9-1-20(2-10-23)5-15-30(45)50-19-29-37(53-31(46)16-6-21-3-11-24(41)12-4-21)34(48)35(49)39(52-29)54-38-33(47)32-27(44)17-26(43)18-28(32)51-36(38)22-7-13-25(42)14-8-22/h1-18,29,34-35,37,39-44,48-49H,19H2/b15-5-,16-6-/t29-,34-,35-,37-,39+/m1/s1. The van der Waals surface area contributed by atoms with Crippen molar-refractivity contribution in [2.24, 2.45) is 0 Å². The third kappa shape index (κ3) is 8.45. The van der Waals surface area contributed by atoms with Crippen molar-refractivity contribution in [2.45, 2.75) is 30.7 Å². The Morgan fingerprint density at radius 2 is 1.26 bits per heavy atom. The topological polar surface area (TPSA) is 243 Å². The lowest BCUT2D eigenvalue weighted by Crippen LogP contribution is -2.61. The third-order valence-electron chi connectivity index (χ3n) is 8.17. The monoisotopic (exact) mass is 740 g/mol. The van der Waals surface area contributed by atoms with Crippen LogP contribution in [0.4, 0.5) is 0 Å². The molecule has 0 radical (unpaired) electrons. The van der Waals surface area contributed by atoms with E-state index in [0.29, 0.717) is 11.1 Å². The molecule has 0 amide bonds. The molecule has 1 fully saturated rings. The first-order valence-electron chi connectivity index (χ1n) is 16.2. The fourth-order valence-electron chi connectivity index (χ4n) is 5.46. The van der Waals surface area contributed by atoms with Crippen molar-refractivity contribution < 1.29 is 68.7 Å². The largest absolute Gasteiger partial charge is 0.508 e. The molecule has 1 aliphatic heterocycles. The van der Waals surface area contributed by atoms with E-state index in [0.717, 1.165) is 24.3 Å². The predicted molar refractivity (Wildman–Crippen MR) is 189 cm³/mol. The van der Waals surface area contributed by atoms with Crippen molar-refractivity contribution >= 4 is 35.1 Å². The minimum Gasteiger partial charge on any atom is -0.508 e. The summed E-state index contributed by atoms with van der Waals surface area (Å²) in [6.07, 6.45) is -4.20. The molecule has 5 atom stereocenters. The van der Waals surface area contributed by atoms with E-state index in [4.69, 9.17) is 23.4 Å². The number of aliphatic hydroxyl groups is 2. The van der Waals surface area contributed by atoms with E-state index < -0.39 is 77.3 Å². The van der Waals surface area contributed by atoms with Crippen LogP contribution in [-0.2, 0) is 23.8 Å². The first-order valence-corrected chi connectivity index (χ1v) is 16.2. The van der Waals surface area contributed by atoms with E-state index in [1.54, 1.807) is 12.1 Å². The zero-order chi connectivity index (χ0) is 38.5. The zero-order valence-corrected chi connectivity index (χ0v) is 27.9. The maximum Gasteiger partial charge on any atom is 0.331 e. The molecule has 6 rings (SSSR count). The van der Waals surface area contributed by atoms with Gasteiger partial charge in [0, 0.05) is 29.8 Å². The Balaban J connectivity index is 1.30. The van der Waals surface area contributed by atoms with Crippen LogP contribution < -0.4 is 10.2 Å². The Kier molecular flexibility index (Phi) is 10.8. The van der Waals surface area contributed by atoms with Crippen LogP contribution in [0.1, 0.15) is 11.1 Å². The summed E-state index contributed by atoms with van der Waals surface area (Å²) in [7, 11) is 0. The molecule has 15 nitrogen and oxygen atoms in total. The summed E-state index contributed by atoms with van der Waals surface area (Å²) >= 11 is 0. The highest BCUT2D eigenvalue weighted by molar-refractivity contribution is 5.89. The summed E-state index contributed by atoms with van der Waals surface area (Å²) < 4.78 is 28.4. The van der Waals surface area contributed by atoms with Crippen LogP contribution in [0.25, 0.3) is 34.4 Å². The van der Waals surface area contributed by atoms with E-state index in [2.05, 4.69) is 0 Å². The van der Waals surface area contributed by atoms with Crippen LogP contribution >= 0.6 is 0 Å². The number of fused-ring (bicyclic) bond motifs is 1. The van der Waals surface area contributed by atoms with Crippen molar-refractivity contribution in [3.8, 4) is 45.8 Å². The summed E-state index contributed by atoms with van der Waals surface area (Å²) in [6.45, 7) is -0.667. The zero-order valence-electron chi connectivity index (χ0n) is 27.9. The number of phenols is 5. The van der Waals surface area contributed by atoms with Crippen LogP contribution in [0.15, 0.2) is 106 Å². The van der Waals surface area contributed by atoms with Gasteiger partial charge in [0.2, 0.25) is 17.5 Å². The Morgan fingerprint density at radius 1 is 0.704 bits per heavy atom. The maximum absolute atomic E-state index is 13.8. The van der Waals surface area contributed by atoms with Gasteiger partial charge in [0.25, 0.3) is 0 Å². The molecule has 278 valence electrons. The van der Waals surface area contributed by atoms with Gasteiger partial charge in [-0.3, -0.25) is 4.79 Å². The number of phenolic OH excluding ortho intramolecular Hbond substituents is 5.